The number of hydrogen-bond acceptors (Lipinski definition) is 5. The molecule has 1 aliphatic heterocycles. The van der Waals surface area contributed by atoms with Crippen molar-refractivity contribution in [3.05, 3.63) is 47.2 Å². The van der Waals surface area contributed by atoms with Gasteiger partial charge in [-0.1, -0.05) is 11.2 Å². The average molecular weight is 314 g/mol. The molecule has 3 aromatic heterocycles. The van der Waals surface area contributed by atoms with Crippen LogP contribution >= 0.6 is 11.3 Å². The summed E-state index contributed by atoms with van der Waals surface area (Å²) >= 11 is 1.55. The molecule has 3 aromatic rings. The van der Waals surface area contributed by atoms with Crippen molar-refractivity contribution in [2.24, 2.45) is 0 Å². The van der Waals surface area contributed by atoms with Crippen LogP contribution in [0, 0.1) is 0 Å². The van der Waals surface area contributed by atoms with Gasteiger partial charge in [-0.05, 0) is 23.9 Å². The molecule has 1 N–H and O–H groups in total. The maximum atomic E-state index is 12.3. The van der Waals surface area contributed by atoms with Crippen LogP contribution in [0.15, 0.2) is 40.4 Å². The highest BCUT2D eigenvalue weighted by atomic mass is 32.1. The fourth-order valence-electron chi connectivity index (χ4n) is 2.67. The van der Waals surface area contributed by atoms with Crippen molar-refractivity contribution < 1.29 is 9.32 Å². The summed E-state index contributed by atoms with van der Waals surface area (Å²) in [5.74, 6) is 0.436. The van der Waals surface area contributed by atoms with E-state index in [4.69, 9.17) is 4.52 Å². The molecule has 0 saturated carbocycles. The lowest BCUT2D eigenvalue weighted by atomic mass is 10.0. The van der Waals surface area contributed by atoms with Crippen LogP contribution in [0.25, 0.3) is 10.6 Å². The van der Waals surface area contributed by atoms with Crippen LogP contribution in [0.3, 0.4) is 0 Å². The van der Waals surface area contributed by atoms with Gasteiger partial charge < -0.3 is 9.84 Å². The third-order valence-electron chi connectivity index (χ3n) is 3.79. The van der Waals surface area contributed by atoms with Gasteiger partial charge in [0.25, 0.3) is 5.91 Å². The van der Waals surface area contributed by atoms with Gasteiger partial charge in [-0.15, -0.1) is 11.3 Å². The zero-order chi connectivity index (χ0) is 14.9. The van der Waals surface area contributed by atoms with Crippen molar-refractivity contribution in [2.75, 3.05) is 0 Å². The molecule has 0 aliphatic carbocycles. The fraction of sp³-hybridized carbons (Fsp3) is 0.267. The van der Waals surface area contributed by atoms with E-state index in [2.05, 4.69) is 15.6 Å². The Kier molecular flexibility index (Phi) is 3.27. The highest BCUT2D eigenvalue weighted by Crippen LogP contribution is 2.25. The van der Waals surface area contributed by atoms with E-state index >= 15 is 0 Å². The Balaban J connectivity index is 1.45. The first kappa shape index (κ1) is 13.3. The van der Waals surface area contributed by atoms with Gasteiger partial charge in [-0.2, -0.15) is 5.10 Å². The molecule has 112 valence electrons. The molecule has 4 rings (SSSR count). The number of carbonyl (C=O) groups excluding carboxylic acids is 1. The molecule has 0 radical (unpaired) electrons. The van der Waals surface area contributed by atoms with Crippen molar-refractivity contribution in [1.29, 1.82) is 0 Å². The zero-order valence-electron chi connectivity index (χ0n) is 11.7. The topological polar surface area (TPSA) is 73.0 Å². The van der Waals surface area contributed by atoms with E-state index in [1.807, 2.05) is 28.3 Å². The Morgan fingerprint density at radius 1 is 1.45 bits per heavy atom. The second kappa shape index (κ2) is 5.42. The minimum absolute atomic E-state index is 0.110. The quantitative estimate of drug-likeness (QED) is 0.805. The summed E-state index contributed by atoms with van der Waals surface area (Å²) in [7, 11) is 0. The van der Waals surface area contributed by atoms with E-state index in [-0.39, 0.29) is 11.9 Å². The predicted octanol–water partition coefficient (Wildman–Crippen LogP) is 2.34. The van der Waals surface area contributed by atoms with Gasteiger partial charge in [0, 0.05) is 37.0 Å². The van der Waals surface area contributed by atoms with Gasteiger partial charge in [-0.25, -0.2) is 0 Å². The van der Waals surface area contributed by atoms with Crippen LogP contribution in [-0.4, -0.2) is 26.9 Å². The number of hydrogen-bond donors (Lipinski definition) is 1. The van der Waals surface area contributed by atoms with E-state index in [1.165, 1.54) is 0 Å². The van der Waals surface area contributed by atoms with Crippen LogP contribution < -0.4 is 5.32 Å². The second-order valence-corrected chi connectivity index (χ2v) is 6.21. The third-order valence-corrected chi connectivity index (χ3v) is 4.68. The van der Waals surface area contributed by atoms with Gasteiger partial charge in [0.05, 0.1) is 4.88 Å². The maximum absolute atomic E-state index is 12.3. The van der Waals surface area contributed by atoms with E-state index < -0.39 is 0 Å². The molecular weight excluding hydrogens is 300 g/mol. The fourth-order valence-corrected chi connectivity index (χ4v) is 3.34. The molecule has 0 aromatic carbocycles. The number of carbonyl (C=O) groups is 1. The molecular formula is C15H14N4O2S. The lowest BCUT2D eigenvalue weighted by Crippen LogP contribution is -2.40. The SMILES string of the molecule is O=C(N[C@H]1CCn2nccc2C1)c1cc(-c2cccs2)on1. The summed E-state index contributed by atoms with van der Waals surface area (Å²) in [6, 6.07) is 7.67. The molecule has 0 unspecified atom stereocenters. The summed E-state index contributed by atoms with van der Waals surface area (Å²) in [6.07, 6.45) is 3.46. The molecule has 7 heteroatoms. The molecule has 0 fully saturated rings. The first-order valence-electron chi connectivity index (χ1n) is 7.12. The van der Waals surface area contributed by atoms with Crippen molar-refractivity contribution in [3.63, 3.8) is 0 Å². The van der Waals surface area contributed by atoms with Gasteiger partial charge in [0.15, 0.2) is 11.5 Å². The monoisotopic (exact) mass is 314 g/mol. The molecule has 1 atom stereocenters. The molecule has 0 saturated heterocycles. The first-order chi connectivity index (χ1) is 10.8. The smallest absolute Gasteiger partial charge is 0.273 e. The highest BCUT2D eigenvalue weighted by molar-refractivity contribution is 7.13. The van der Waals surface area contributed by atoms with Gasteiger partial charge >= 0.3 is 0 Å². The Morgan fingerprint density at radius 2 is 2.41 bits per heavy atom. The molecule has 4 heterocycles. The van der Waals surface area contributed by atoms with Crippen molar-refractivity contribution in [2.45, 2.75) is 25.4 Å². The molecule has 6 nitrogen and oxygen atoms in total. The number of aryl methyl sites for hydroxylation is 1. The lowest BCUT2D eigenvalue weighted by Gasteiger charge is -2.23. The minimum atomic E-state index is -0.190. The summed E-state index contributed by atoms with van der Waals surface area (Å²) in [6.45, 7) is 0.826. The highest BCUT2D eigenvalue weighted by Gasteiger charge is 2.22. The van der Waals surface area contributed by atoms with Crippen LogP contribution in [0.5, 0.6) is 0 Å². The molecule has 1 amide bonds. The summed E-state index contributed by atoms with van der Waals surface area (Å²) in [4.78, 5) is 13.3. The molecule has 0 spiro atoms. The number of thiophene rings is 1. The van der Waals surface area contributed by atoms with Gasteiger partial charge in [-0.3, -0.25) is 9.48 Å². The second-order valence-electron chi connectivity index (χ2n) is 5.26. The zero-order valence-corrected chi connectivity index (χ0v) is 12.5. The number of nitrogens with zero attached hydrogens (tertiary/aromatic N) is 3. The standard InChI is InChI=1S/C15H14N4O2S/c20-15(12-9-13(21-18-12)14-2-1-7-22-14)17-10-4-6-19-11(8-10)3-5-16-19/h1-3,5,7,9-10H,4,6,8H2,(H,17,20)/t10-/m0/s1. The van der Waals surface area contributed by atoms with Gasteiger partial charge in [0.1, 0.15) is 0 Å². The van der Waals surface area contributed by atoms with E-state index in [0.717, 1.165) is 30.0 Å². The molecule has 1 aliphatic rings. The third kappa shape index (κ3) is 2.43. The van der Waals surface area contributed by atoms with Crippen molar-refractivity contribution in [3.8, 4) is 10.6 Å². The lowest BCUT2D eigenvalue weighted by molar-refractivity contribution is 0.0921. The first-order valence-corrected chi connectivity index (χ1v) is 8.00. The Bertz CT molecular complexity index is 790. The van der Waals surface area contributed by atoms with Crippen LogP contribution in [0.4, 0.5) is 0 Å². The number of nitrogens with one attached hydrogen (secondary N) is 1. The number of fused-ring (bicyclic) bond motifs is 1. The summed E-state index contributed by atoms with van der Waals surface area (Å²) < 4.78 is 7.23. The normalized spacial score (nSPS) is 17.2. The van der Waals surface area contributed by atoms with E-state index in [9.17, 15) is 4.79 Å². The maximum Gasteiger partial charge on any atom is 0.273 e. The Labute approximate surface area is 130 Å². The number of aromatic nitrogens is 3. The Morgan fingerprint density at radius 3 is 3.27 bits per heavy atom. The predicted molar refractivity (Wildman–Crippen MR) is 81.6 cm³/mol. The summed E-state index contributed by atoms with van der Waals surface area (Å²) in [5.41, 5.74) is 1.47. The van der Waals surface area contributed by atoms with Crippen molar-refractivity contribution >= 4 is 17.2 Å². The van der Waals surface area contributed by atoms with E-state index in [1.54, 1.807) is 23.6 Å². The summed E-state index contributed by atoms with van der Waals surface area (Å²) in [5, 5.41) is 13.1. The Hall–Kier alpha value is -2.41. The van der Waals surface area contributed by atoms with Crippen LogP contribution in [-0.2, 0) is 13.0 Å². The van der Waals surface area contributed by atoms with E-state index in [0.29, 0.717) is 11.5 Å². The van der Waals surface area contributed by atoms with Crippen LogP contribution in [0.2, 0.25) is 0 Å². The van der Waals surface area contributed by atoms with Gasteiger partial charge in [0.2, 0.25) is 0 Å². The molecule has 0 bridgehead atoms. The minimum Gasteiger partial charge on any atom is -0.355 e. The molecule has 22 heavy (non-hydrogen) atoms. The van der Waals surface area contributed by atoms with Crippen LogP contribution in [0.1, 0.15) is 22.6 Å². The van der Waals surface area contributed by atoms with Crippen molar-refractivity contribution in [1.82, 2.24) is 20.3 Å². The average Bonchev–Trinajstić information content (AvgIpc) is 3.26. The largest absolute Gasteiger partial charge is 0.355 e. The number of amides is 1. The number of rotatable bonds is 3.